The summed E-state index contributed by atoms with van der Waals surface area (Å²) < 4.78 is 12.1. The van der Waals surface area contributed by atoms with Crippen LogP contribution in [0.2, 0.25) is 0 Å². The maximum absolute atomic E-state index is 12.1. The third-order valence-electron chi connectivity index (χ3n) is 0.841. The van der Waals surface area contributed by atoms with Crippen molar-refractivity contribution in [3.05, 3.63) is 0 Å². The van der Waals surface area contributed by atoms with E-state index in [1.54, 1.807) is 13.8 Å². The van der Waals surface area contributed by atoms with E-state index in [4.69, 9.17) is 0 Å². The second-order valence-electron chi connectivity index (χ2n) is 2.07. The first-order chi connectivity index (χ1) is 4.56. The van der Waals surface area contributed by atoms with E-state index < -0.39 is 5.67 Å². The van der Waals surface area contributed by atoms with Gasteiger partial charge in [0.05, 0.1) is 0 Å². The minimum atomic E-state index is -0.958. The highest BCUT2D eigenvalue weighted by Crippen LogP contribution is 2.10. The molecule has 0 aromatic carbocycles. The fraction of sp³-hybridized carbons (Fsp3) is 1.00. The van der Waals surface area contributed by atoms with Gasteiger partial charge in [-0.2, -0.15) is 0 Å². The molecule has 0 nitrogen and oxygen atoms in total. The van der Waals surface area contributed by atoms with Gasteiger partial charge in [0, 0.05) is 0 Å². The van der Waals surface area contributed by atoms with Crippen LogP contribution in [0.3, 0.4) is 0 Å². The van der Waals surface area contributed by atoms with Crippen molar-refractivity contribution in [3.8, 4) is 0 Å². The van der Waals surface area contributed by atoms with Gasteiger partial charge in [0.15, 0.2) is 0 Å². The Balaban J connectivity index is -0.000000105. The molecule has 0 unspecified atom stereocenters. The van der Waals surface area contributed by atoms with Crippen LogP contribution in [0, 0.1) is 0 Å². The Morgan fingerprint density at radius 1 is 1.00 bits per heavy atom. The average Bonchev–Trinajstić information content (AvgIpc) is 1.95. The molecule has 10 heavy (non-hydrogen) atoms. The molecule has 0 aromatic rings. The highest BCUT2D eigenvalue weighted by Gasteiger charge is 2.09. The van der Waals surface area contributed by atoms with Crippen LogP contribution in [0.1, 0.15) is 54.9 Å². The first kappa shape index (κ1) is 16.5. The fourth-order valence-corrected chi connectivity index (χ4v) is 0. The number of halogens is 1. The molecular formula is C9H23F. The van der Waals surface area contributed by atoms with Crippen molar-refractivity contribution in [2.45, 2.75) is 60.6 Å². The van der Waals surface area contributed by atoms with Crippen molar-refractivity contribution < 1.29 is 4.39 Å². The van der Waals surface area contributed by atoms with Crippen LogP contribution in [0.4, 0.5) is 4.39 Å². The number of hydrogen-bond acceptors (Lipinski definition) is 0. The standard InChI is InChI=1S/C5H11F.2C2H6/c1-4-5(2,3)6;2*1-2/h4H2,1-3H3;2*1-2H3. The van der Waals surface area contributed by atoms with Gasteiger partial charge in [-0.3, -0.25) is 0 Å². The van der Waals surface area contributed by atoms with Gasteiger partial charge in [-0.05, 0) is 20.3 Å². The Morgan fingerprint density at radius 3 is 1.10 bits per heavy atom. The Kier molecular flexibility index (Phi) is 19.3. The van der Waals surface area contributed by atoms with Crippen LogP contribution in [-0.2, 0) is 0 Å². The van der Waals surface area contributed by atoms with Gasteiger partial charge in [0.1, 0.15) is 5.67 Å². The molecule has 0 amide bonds. The van der Waals surface area contributed by atoms with E-state index in [0.717, 1.165) is 0 Å². The van der Waals surface area contributed by atoms with Gasteiger partial charge in [-0.1, -0.05) is 34.6 Å². The summed E-state index contributed by atoms with van der Waals surface area (Å²) in [4.78, 5) is 0. The fourth-order valence-electron chi connectivity index (χ4n) is 0. The van der Waals surface area contributed by atoms with E-state index in [0.29, 0.717) is 6.42 Å². The second kappa shape index (κ2) is 11.7. The molecule has 0 radical (unpaired) electrons. The van der Waals surface area contributed by atoms with Crippen molar-refractivity contribution >= 4 is 0 Å². The molecule has 0 fully saturated rings. The van der Waals surface area contributed by atoms with Gasteiger partial charge in [0.2, 0.25) is 0 Å². The summed E-state index contributed by atoms with van der Waals surface area (Å²) in [5, 5.41) is 0. The molecule has 1 heteroatoms. The van der Waals surface area contributed by atoms with Gasteiger partial charge in [-0.25, -0.2) is 4.39 Å². The Morgan fingerprint density at radius 2 is 1.10 bits per heavy atom. The van der Waals surface area contributed by atoms with E-state index in [9.17, 15) is 4.39 Å². The maximum Gasteiger partial charge on any atom is 0.105 e. The van der Waals surface area contributed by atoms with Crippen LogP contribution >= 0.6 is 0 Å². The van der Waals surface area contributed by atoms with E-state index in [2.05, 4.69) is 0 Å². The van der Waals surface area contributed by atoms with E-state index in [1.807, 2.05) is 34.6 Å². The quantitative estimate of drug-likeness (QED) is 0.525. The summed E-state index contributed by atoms with van der Waals surface area (Å²) in [5.41, 5.74) is -0.958. The highest BCUT2D eigenvalue weighted by molar-refractivity contribution is 4.60. The lowest BCUT2D eigenvalue weighted by Gasteiger charge is -2.07. The first-order valence-corrected chi connectivity index (χ1v) is 4.25. The zero-order valence-electron chi connectivity index (χ0n) is 8.59. The predicted octanol–water partition coefficient (Wildman–Crippen LogP) is 4.20. The average molecular weight is 150 g/mol. The van der Waals surface area contributed by atoms with E-state index in [1.165, 1.54) is 0 Å². The molecule has 0 rings (SSSR count). The topological polar surface area (TPSA) is 0 Å². The molecule has 0 aliphatic rings. The zero-order valence-corrected chi connectivity index (χ0v) is 8.59. The monoisotopic (exact) mass is 150 g/mol. The normalized spacial score (nSPS) is 8.40. The molecule has 0 spiro atoms. The summed E-state index contributed by atoms with van der Waals surface area (Å²) in [5.74, 6) is 0. The molecule has 0 aromatic heterocycles. The lowest BCUT2D eigenvalue weighted by Crippen LogP contribution is -2.07. The molecule has 66 valence electrons. The maximum atomic E-state index is 12.1. The lowest BCUT2D eigenvalue weighted by atomic mass is 10.1. The summed E-state index contributed by atoms with van der Waals surface area (Å²) in [7, 11) is 0. The van der Waals surface area contributed by atoms with Crippen LogP contribution in [0.15, 0.2) is 0 Å². The van der Waals surface area contributed by atoms with Crippen molar-refractivity contribution in [3.63, 3.8) is 0 Å². The third-order valence-corrected chi connectivity index (χ3v) is 0.841. The van der Waals surface area contributed by atoms with E-state index >= 15 is 0 Å². The van der Waals surface area contributed by atoms with E-state index in [-0.39, 0.29) is 0 Å². The molecule has 0 N–H and O–H groups in total. The second-order valence-corrected chi connectivity index (χ2v) is 2.07. The molecule has 0 aliphatic heterocycles. The molecule has 0 aliphatic carbocycles. The van der Waals surface area contributed by atoms with Gasteiger partial charge >= 0.3 is 0 Å². The summed E-state index contributed by atoms with van der Waals surface area (Å²) in [6, 6.07) is 0. The Hall–Kier alpha value is -0.0700. The summed E-state index contributed by atoms with van der Waals surface area (Å²) in [6.45, 7) is 13.0. The SMILES string of the molecule is CC.CC.CCC(C)(C)F. The molecular weight excluding hydrogens is 127 g/mol. The van der Waals surface area contributed by atoms with Crippen molar-refractivity contribution in [1.29, 1.82) is 0 Å². The summed E-state index contributed by atoms with van der Waals surface area (Å²) in [6.07, 6.45) is 0.604. The van der Waals surface area contributed by atoms with Crippen LogP contribution in [0.5, 0.6) is 0 Å². The van der Waals surface area contributed by atoms with Gasteiger partial charge in [-0.15, -0.1) is 0 Å². The van der Waals surface area contributed by atoms with Crippen molar-refractivity contribution in [1.82, 2.24) is 0 Å². The Labute approximate surface area is 65.8 Å². The highest BCUT2D eigenvalue weighted by atomic mass is 19.1. The van der Waals surface area contributed by atoms with Crippen LogP contribution in [0.25, 0.3) is 0 Å². The third kappa shape index (κ3) is 44.4. The number of hydrogen-bond donors (Lipinski definition) is 0. The first-order valence-electron chi connectivity index (χ1n) is 4.25. The minimum absolute atomic E-state index is 0.604. The smallest absolute Gasteiger partial charge is 0.105 e. The molecule has 0 saturated heterocycles. The van der Waals surface area contributed by atoms with Crippen molar-refractivity contribution in [2.75, 3.05) is 0 Å². The largest absolute Gasteiger partial charge is 0.245 e. The molecule has 0 atom stereocenters. The van der Waals surface area contributed by atoms with Crippen molar-refractivity contribution in [2.24, 2.45) is 0 Å². The van der Waals surface area contributed by atoms with Crippen LogP contribution in [-0.4, -0.2) is 5.67 Å². The number of rotatable bonds is 1. The summed E-state index contributed by atoms with van der Waals surface area (Å²) >= 11 is 0. The minimum Gasteiger partial charge on any atom is -0.245 e. The zero-order chi connectivity index (χ0) is 9.21. The van der Waals surface area contributed by atoms with Crippen LogP contribution < -0.4 is 0 Å². The van der Waals surface area contributed by atoms with Gasteiger partial charge in [0.25, 0.3) is 0 Å². The molecule has 0 saturated carbocycles. The molecule has 0 heterocycles. The van der Waals surface area contributed by atoms with Gasteiger partial charge < -0.3 is 0 Å². The number of alkyl halides is 1. The molecule has 0 bridgehead atoms. The Bertz CT molecular complexity index is 34.5. The predicted molar refractivity (Wildman–Crippen MR) is 48.2 cm³/mol. The lowest BCUT2D eigenvalue weighted by molar-refractivity contribution is 0.210.